The van der Waals surface area contributed by atoms with Crippen molar-refractivity contribution in [2.24, 2.45) is 0 Å². The first-order valence-corrected chi connectivity index (χ1v) is 29.1. The van der Waals surface area contributed by atoms with Crippen LogP contribution in [0.15, 0.2) is 245 Å². The van der Waals surface area contributed by atoms with Crippen LogP contribution in [0.5, 0.6) is 0 Å². The largest absolute Gasteiger partial charge is 0.307 e. The summed E-state index contributed by atoms with van der Waals surface area (Å²) < 4.78 is 9.61. The lowest BCUT2D eigenvalue weighted by Crippen LogP contribution is -2.24. The zero-order valence-electron chi connectivity index (χ0n) is 47.9. The van der Waals surface area contributed by atoms with Crippen LogP contribution in [-0.2, 0) is 5.41 Å². The summed E-state index contributed by atoms with van der Waals surface area (Å²) in [5.41, 5.74) is 19.0. The van der Waals surface area contributed by atoms with E-state index in [0.717, 1.165) is 160 Å². The highest BCUT2D eigenvalue weighted by Crippen LogP contribution is 2.52. The molecule has 17 rings (SSSR count). The van der Waals surface area contributed by atoms with Crippen molar-refractivity contribution < 1.29 is 0 Å². The summed E-state index contributed by atoms with van der Waals surface area (Å²) >= 11 is 0. The molecule has 0 fully saturated rings. The molecular weight excluding hydrogens is 1080 g/mol. The molecule has 13 heteroatoms. The van der Waals surface area contributed by atoms with Crippen LogP contribution in [0, 0.1) is 11.3 Å². The van der Waals surface area contributed by atoms with Gasteiger partial charge in [0.1, 0.15) is 36.9 Å². The normalized spacial score (nSPS) is 12.0. The zero-order chi connectivity index (χ0) is 58.8. The number of nitriles is 1. The second kappa shape index (κ2) is 19.5. The van der Waals surface area contributed by atoms with Gasteiger partial charge in [-0.2, -0.15) is 5.26 Å². The van der Waals surface area contributed by atoms with E-state index in [1.807, 2.05) is 49.6 Å². The monoisotopic (exact) mass is 1130 g/mol. The lowest BCUT2D eigenvalue weighted by atomic mass is 9.81. The lowest BCUT2D eigenvalue weighted by Gasteiger charge is -2.34. The number of hydrogen-bond acceptors (Lipinski definition) is 9. The summed E-state index contributed by atoms with van der Waals surface area (Å²) in [4.78, 5) is 35.7. The molecule has 0 aliphatic rings. The maximum Gasteiger partial charge on any atom is 0.115 e. The quantitative estimate of drug-likeness (QED) is 0.145. The molecule has 8 heterocycles. The van der Waals surface area contributed by atoms with E-state index in [2.05, 4.69) is 255 Å². The summed E-state index contributed by atoms with van der Waals surface area (Å²) in [6.07, 6.45) is 21.1. The maximum atomic E-state index is 13.1. The number of hydrogen-bond donors (Lipinski definition) is 0. The Hall–Kier alpha value is -12.0. The lowest BCUT2D eigenvalue weighted by molar-refractivity contribution is 0.583. The maximum absolute atomic E-state index is 13.1. The Bertz CT molecular complexity index is 5090. The Morgan fingerprint density at radius 1 is 0.284 bits per heavy atom. The fourth-order valence-electron chi connectivity index (χ4n) is 13.8. The van der Waals surface area contributed by atoms with Crippen LogP contribution in [0.25, 0.3) is 154 Å². The van der Waals surface area contributed by atoms with Crippen LogP contribution in [-0.4, -0.2) is 58.1 Å². The Morgan fingerprint density at radius 2 is 0.523 bits per heavy atom. The van der Waals surface area contributed by atoms with Crippen molar-refractivity contribution >= 4 is 87.2 Å². The molecule has 0 saturated carbocycles. The van der Waals surface area contributed by atoms with E-state index in [0.29, 0.717) is 5.56 Å². The number of fused-ring (bicyclic) bond motifs is 12. The van der Waals surface area contributed by atoms with Gasteiger partial charge in [0, 0.05) is 120 Å². The van der Waals surface area contributed by atoms with Crippen LogP contribution < -0.4 is 0 Å². The molecule has 17 aromatic rings. The van der Waals surface area contributed by atoms with Gasteiger partial charge in [0.15, 0.2) is 0 Å². The fraction of sp³-hybridized carbons (Fsp3) is 0.0533. The summed E-state index contributed by atoms with van der Waals surface area (Å²) in [5, 5.41) is 21.4. The molecular formula is C75H49N13. The molecule has 0 aliphatic heterocycles. The van der Waals surface area contributed by atoms with Crippen LogP contribution >= 0.6 is 0 Å². The number of nitrogens with zero attached hydrogens (tertiary/aromatic N) is 13. The van der Waals surface area contributed by atoms with E-state index in [4.69, 9.17) is 0 Å². The molecule has 8 aromatic heterocycles. The van der Waals surface area contributed by atoms with E-state index in [1.54, 1.807) is 25.3 Å². The molecule has 88 heavy (non-hydrogen) atoms. The molecule has 414 valence electrons. The molecule has 0 spiro atoms. The van der Waals surface area contributed by atoms with Crippen LogP contribution in [0.2, 0.25) is 0 Å². The van der Waals surface area contributed by atoms with Crippen molar-refractivity contribution in [1.82, 2.24) is 58.1 Å². The average molecular weight is 1130 g/mol. The molecule has 9 aromatic carbocycles. The molecule has 0 N–H and O–H groups in total. The van der Waals surface area contributed by atoms with Crippen LogP contribution in [0.4, 0.5) is 0 Å². The first kappa shape index (κ1) is 50.5. The highest BCUT2D eigenvalue weighted by atomic mass is 15.1. The van der Waals surface area contributed by atoms with Gasteiger partial charge in [-0.1, -0.05) is 118 Å². The second-order valence-corrected chi connectivity index (χ2v) is 23.4. The van der Waals surface area contributed by atoms with E-state index in [-0.39, 0.29) is 0 Å². The zero-order valence-corrected chi connectivity index (χ0v) is 47.9. The van der Waals surface area contributed by atoms with Crippen molar-refractivity contribution in [2.45, 2.75) is 26.2 Å². The number of para-hydroxylation sites is 4. The first-order valence-electron chi connectivity index (χ1n) is 29.1. The van der Waals surface area contributed by atoms with Gasteiger partial charge >= 0.3 is 0 Å². The van der Waals surface area contributed by atoms with E-state index in [1.165, 1.54) is 0 Å². The highest BCUT2D eigenvalue weighted by molar-refractivity contribution is 6.17. The van der Waals surface area contributed by atoms with E-state index in [9.17, 15) is 5.26 Å². The molecule has 0 unspecified atom stereocenters. The Balaban J connectivity index is 1.15. The minimum atomic E-state index is -0.698. The first-order chi connectivity index (χ1) is 43.3. The van der Waals surface area contributed by atoms with Gasteiger partial charge in [-0.25, -0.2) is 39.9 Å². The van der Waals surface area contributed by atoms with Gasteiger partial charge in [0.25, 0.3) is 0 Å². The van der Waals surface area contributed by atoms with Crippen molar-refractivity contribution in [3.63, 3.8) is 0 Å². The van der Waals surface area contributed by atoms with Crippen molar-refractivity contribution in [1.29, 1.82) is 5.26 Å². The van der Waals surface area contributed by atoms with Crippen molar-refractivity contribution in [2.75, 3.05) is 0 Å². The third kappa shape index (κ3) is 7.58. The van der Waals surface area contributed by atoms with Crippen LogP contribution in [0.3, 0.4) is 0 Å². The highest BCUT2D eigenvalue weighted by Gasteiger charge is 2.38. The number of aromatic nitrogens is 12. The Labute approximate surface area is 503 Å². The summed E-state index contributed by atoms with van der Waals surface area (Å²) in [6.45, 7) is 6.95. The summed E-state index contributed by atoms with van der Waals surface area (Å²) in [5.74, 6) is 0. The van der Waals surface area contributed by atoms with E-state index >= 15 is 0 Å². The Kier molecular flexibility index (Phi) is 11.2. The molecule has 0 saturated heterocycles. The molecule has 0 aliphatic carbocycles. The predicted molar refractivity (Wildman–Crippen MR) is 351 cm³/mol. The van der Waals surface area contributed by atoms with Crippen molar-refractivity contribution in [3.05, 3.63) is 256 Å². The third-order valence-electron chi connectivity index (χ3n) is 17.4. The third-order valence-corrected chi connectivity index (χ3v) is 17.4. The minimum Gasteiger partial charge on any atom is -0.307 e. The molecule has 13 nitrogen and oxygen atoms in total. The summed E-state index contributed by atoms with van der Waals surface area (Å²) in [6, 6.07) is 64.0. The van der Waals surface area contributed by atoms with E-state index < -0.39 is 5.41 Å². The second-order valence-electron chi connectivity index (χ2n) is 23.4. The minimum absolute atomic E-state index is 0.480. The van der Waals surface area contributed by atoms with Crippen LogP contribution in [0.1, 0.15) is 31.9 Å². The molecule has 0 radical (unpaired) electrons. The standard InChI is InChI=1S/C75H49N13/c1-75(2,3)70-73(87-66-24-20-45(49-33-77-41-78-34-49)28-57(66)58-29-46(21-25-67(58)87)50-35-79-42-80-36-50)71(85-62-16-8-4-12-53(62)54-13-5-9-17-63(54)85)61(32-76)72(86-64-18-10-6-14-55(64)56-15-7-11-19-65(56)86)74(70)88-68-26-22-47(51-37-81-43-82-38-51)30-59(68)60-31-48(23-27-69(60)88)52-39-83-44-84-40-52/h4-31,33-44H,1-3H3. The molecule has 0 bridgehead atoms. The molecule has 0 amide bonds. The molecule has 0 atom stereocenters. The smallest absolute Gasteiger partial charge is 0.115 e. The van der Waals surface area contributed by atoms with Gasteiger partial charge in [0.2, 0.25) is 0 Å². The van der Waals surface area contributed by atoms with Gasteiger partial charge in [-0.15, -0.1) is 0 Å². The number of benzene rings is 9. The topological polar surface area (TPSA) is 147 Å². The van der Waals surface area contributed by atoms with Gasteiger partial charge in [0.05, 0.1) is 66.9 Å². The average Bonchev–Trinajstić information content (AvgIpc) is 1.50. The Morgan fingerprint density at radius 3 is 0.773 bits per heavy atom. The predicted octanol–water partition coefficient (Wildman–Crippen LogP) is 17.1. The van der Waals surface area contributed by atoms with Crippen molar-refractivity contribution in [3.8, 4) is 73.3 Å². The fourth-order valence-corrected chi connectivity index (χ4v) is 13.8. The van der Waals surface area contributed by atoms with Gasteiger partial charge in [-0.3, -0.25) is 0 Å². The SMILES string of the molecule is CC(C)(C)c1c(-n2c3ccc(-c4cncnc4)cc3c3cc(-c4cncnc4)ccc32)c(-n2c3ccccc3c3ccccc32)c(C#N)c(-n2c3ccccc3c3ccccc32)c1-n1c2ccc(-c3cncnc3)cc2c2cc(-c3cncnc3)ccc21. The van der Waals surface area contributed by atoms with Gasteiger partial charge < -0.3 is 18.3 Å². The number of rotatable bonds is 8. The summed E-state index contributed by atoms with van der Waals surface area (Å²) in [7, 11) is 0. The van der Waals surface area contributed by atoms with Gasteiger partial charge in [-0.05, 0) is 100 Å².